The van der Waals surface area contributed by atoms with Gasteiger partial charge in [0.1, 0.15) is 5.82 Å². The van der Waals surface area contributed by atoms with Gasteiger partial charge in [-0.05, 0) is 18.6 Å². The van der Waals surface area contributed by atoms with Gasteiger partial charge in [-0.3, -0.25) is 9.89 Å². The van der Waals surface area contributed by atoms with Crippen molar-refractivity contribution in [3.63, 3.8) is 0 Å². The third-order valence-corrected chi connectivity index (χ3v) is 2.83. The Hall–Kier alpha value is -1.88. The van der Waals surface area contributed by atoms with Gasteiger partial charge in [-0.15, -0.1) is 0 Å². The van der Waals surface area contributed by atoms with Crippen molar-refractivity contribution in [2.45, 2.75) is 13.3 Å². The van der Waals surface area contributed by atoms with E-state index in [4.69, 9.17) is 11.6 Å². The van der Waals surface area contributed by atoms with E-state index < -0.39 is 11.7 Å². The van der Waals surface area contributed by atoms with Gasteiger partial charge in [0.25, 0.3) is 5.91 Å². The summed E-state index contributed by atoms with van der Waals surface area (Å²) in [6, 6.07) is 4.29. The summed E-state index contributed by atoms with van der Waals surface area (Å²) in [6.45, 7) is 1.93. The van der Waals surface area contributed by atoms with Gasteiger partial charge in [0.2, 0.25) is 0 Å². The molecule has 0 atom stereocenters. The molecule has 1 heterocycles. The van der Waals surface area contributed by atoms with Gasteiger partial charge in [0.15, 0.2) is 5.82 Å². The van der Waals surface area contributed by atoms with Crippen molar-refractivity contribution < 1.29 is 9.18 Å². The van der Waals surface area contributed by atoms with E-state index in [-0.39, 0.29) is 10.6 Å². The number of aromatic amines is 1. The number of hydrogen-bond donors (Lipinski definition) is 2. The average Bonchev–Trinajstić information content (AvgIpc) is 2.79. The van der Waals surface area contributed by atoms with E-state index in [1.807, 2.05) is 6.92 Å². The highest BCUT2D eigenvalue weighted by atomic mass is 35.5. The number of rotatable bonds is 3. The van der Waals surface area contributed by atoms with Crippen molar-refractivity contribution in [1.82, 2.24) is 10.2 Å². The first-order chi connectivity index (χ1) is 8.63. The van der Waals surface area contributed by atoms with Gasteiger partial charge in [-0.1, -0.05) is 24.6 Å². The van der Waals surface area contributed by atoms with Crippen LogP contribution >= 0.6 is 11.6 Å². The van der Waals surface area contributed by atoms with E-state index in [0.29, 0.717) is 12.2 Å². The van der Waals surface area contributed by atoms with Crippen LogP contribution in [0.3, 0.4) is 0 Å². The Balaban J connectivity index is 2.25. The Bertz CT molecular complexity index is 582. The third kappa shape index (κ3) is 2.36. The predicted octanol–water partition coefficient (Wildman–Crippen LogP) is 3.02. The number of H-pyrrole nitrogens is 1. The molecule has 0 unspecified atom stereocenters. The maximum atomic E-state index is 13.6. The molecule has 0 fully saturated rings. The maximum absolute atomic E-state index is 13.6. The lowest BCUT2D eigenvalue weighted by atomic mass is 10.2. The number of halogens is 2. The van der Waals surface area contributed by atoms with Gasteiger partial charge in [-0.2, -0.15) is 5.10 Å². The Labute approximate surface area is 108 Å². The second-order valence-corrected chi connectivity index (χ2v) is 4.09. The van der Waals surface area contributed by atoms with Gasteiger partial charge in [-0.25, -0.2) is 4.39 Å². The summed E-state index contributed by atoms with van der Waals surface area (Å²) in [6.07, 6.45) is 2.33. The largest absolute Gasteiger partial charge is 0.307 e. The number of nitrogens with zero attached hydrogens (tertiary/aromatic N) is 1. The topological polar surface area (TPSA) is 57.8 Å². The molecule has 0 saturated carbocycles. The van der Waals surface area contributed by atoms with E-state index in [9.17, 15) is 9.18 Å². The summed E-state index contributed by atoms with van der Waals surface area (Å²) in [7, 11) is 0. The van der Waals surface area contributed by atoms with Crippen LogP contribution in [0.15, 0.2) is 24.4 Å². The van der Waals surface area contributed by atoms with Crippen LogP contribution in [-0.4, -0.2) is 16.1 Å². The number of nitrogens with one attached hydrogen (secondary N) is 2. The molecule has 1 aromatic heterocycles. The quantitative estimate of drug-likeness (QED) is 0.898. The van der Waals surface area contributed by atoms with Crippen molar-refractivity contribution in [3.8, 4) is 0 Å². The molecule has 2 N–H and O–H groups in total. The molecular weight excluding hydrogens is 257 g/mol. The highest BCUT2D eigenvalue weighted by Gasteiger charge is 2.15. The molecule has 18 heavy (non-hydrogen) atoms. The predicted molar refractivity (Wildman–Crippen MR) is 67.3 cm³/mol. The Kier molecular flexibility index (Phi) is 3.62. The zero-order valence-electron chi connectivity index (χ0n) is 9.63. The van der Waals surface area contributed by atoms with Gasteiger partial charge in [0, 0.05) is 5.56 Å². The van der Waals surface area contributed by atoms with Crippen LogP contribution in [0.1, 0.15) is 22.8 Å². The summed E-state index contributed by atoms with van der Waals surface area (Å²) in [4.78, 5) is 11.9. The molecule has 4 nitrogen and oxygen atoms in total. The lowest BCUT2D eigenvalue weighted by molar-refractivity contribution is 0.102. The standard InChI is InChI=1S/C12H11ClFN3O/c1-2-7-6-15-17-11(7)16-12(18)8-4-3-5-9(13)10(8)14/h3-6H,2H2,1H3,(H2,15,16,17,18). The first-order valence-corrected chi connectivity index (χ1v) is 5.79. The summed E-state index contributed by atoms with van der Waals surface area (Å²) in [5, 5.41) is 8.96. The van der Waals surface area contributed by atoms with Crippen LogP contribution in [0, 0.1) is 5.82 Å². The monoisotopic (exact) mass is 267 g/mol. The maximum Gasteiger partial charge on any atom is 0.259 e. The molecule has 2 aromatic rings. The molecule has 0 spiro atoms. The highest BCUT2D eigenvalue weighted by molar-refractivity contribution is 6.31. The molecule has 6 heteroatoms. The number of carbonyl (C=O) groups is 1. The summed E-state index contributed by atoms with van der Waals surface area (Å²) in [5.74, 6) is -0.815. The van der Waals surface area contributed by atoms with Crippen LogP contribution in [0.5, 0.6) is 0 Å². The number of carbonyl (C=O) groups excluding carboxylic acids is 1. The second-order valence-electron chi connectivity index (χ2n) is 3.68. The lowest BCUT2D eigenvalue weighted by Gasteiger charge is -2.06. The van der Waals surface area contributed by atoms with Crippen LogP contribution < -0.4 is 5.32 Å². The fourth-order valence-electron chi connectivity index (χ4n) is 1.55. The van der Waals surface area contributed by atoms with Crippen LogP contribution in [-0.2, 0) is 6.42 Å². The first-order valence-electron chi connectivity index (χ1n) is 5.41. The summed E-state index contributed by atoms with van der Waals surface area (Å²) >= 11 is 5.62. The Morgan fingerprint density at radius 3 is 3.06 bits per heavy atom. The van der Waals surface area contributed by atoms with Crippen molar-refractivity contribution in [2.24, 2.45) is 0 Å². The normalized spacial score (nSPS) is 10.4. The van der Waals surface area contributed by atoms with Crippen LogP contribution in [0.25, 0.3) is 0 Å². The fourth-order valence-corrected chi connectivity index (χ4v) is 1.72. The Morgan fingerprint density at radius 2 is 2.33 bits per heavy atom. The molecule has 2 rings (SSSR count). The number of aryl methyl sites for hydroxylation is 1. The van der Waals surface area contributed by atoms with E-state index in [1.54, 1.807) is 6.20 Å². The minimum Gasteiger partial charge on any atom is -0.307 e. The zero-order chi connectivity index (χ0) is 13.1. The van der Waals surface area contributed by atoms with Gasteiger partial charge < -0.3 is 5.32 Å². The van der Waals surface area contributed by atoms with E-state index in [2.05, 4.69) is 15.5 Å². The average molecular weight is 268 g/mol. The molecule has 0 aliphatic rings. The van der Waals surface area contributed by atoms with Gasteiger partial charge in [0.05, 0.1) is 16.8 Å². The third-order valence-electron chi connectivity index (χ3n) is 2.53. The molecule has 1 aromatic carbocycles. The molecule has 1 amide bonds. The Morgan fingerprint density at radius 1 is 1.56 bits per heavy atom. The van der Waals surface area contributed by atoms with Crippen LogP contribution in [0.4, 0.5) is 10.2 Å². The van der Waals surface area contributed by atoms with Crippen molar-refractivity contribution >= 4 is 23.3 Å². The van der Waals surface area contributed by atoms with Crippen molar-refractivity contribution in [3.05, 3.63) is 46.4 Å². The highest BCUT2D eigenvalue weighted by Crippen LogP contribution is 2.19. The lowest BCUT2D eigenvalue weighted by Crippen LogP contribution is -2.15. The minimum absolute atomic E-state index is 0.0806. The molecule has 0 bridgehead atoms. The van der Waals surface area contributed by atoms with Crippen molar-refractivity contribution in [2.75, 3.05) is 5.32 Å². The van der Waals surface area contributed by atoms with E-state index >= 15 is 0 Å². The molecule has 0 aliphatic carbocycles. The molecular formula is C12H11ClFN3O. The number of amides is 1. The molecule has 0 aliphatic heterocycles. The van der Waals surface area contributed by atoms with E-state index in [1.165, 1.54) is 18.2 Å². The molecule has 0 saturated heterocycles. The number of aromatic nitrogens is 2. The smallest absolute Gasteiger partial charge is 0.259 e. The first kappa shape index (κ1) is 12.6. The molecule has 94 valence electrons. The number of hydrogen-bond acceptors (Lipinski definition) is 2. The number of anilines is 1. The summed E-state index contributed by atoms with van der Waals surface area (Å²) in [5.41, 5.74) is 0.755. The summed E-state index contributed by atoms with van der Waals surface area (Å²) < 4.78 is 13.6. The zero-order valence-corrected chi connectivity index (χ0v) is 10.4. The second kappa shape index (κ2) is 5.18. The van der Waals surface area contributed by atoms with E-state index in [0.717, 1.165) is 5.56 Å². The fraction of sp³-hybridized carbons (Fsp3) is 0.167. The minimum atomic E-state index is -0.728. The number of benzene rings is 1. The van der Waals surface area contributed by atoms with Gasteiger partial charge >= 0.3 is 0 Å². The van der Waals surface area contributed by atoms with Crippen LogP contribution in [0.2, 0.25) is 5.02 Å². The molecule has 0 radical (unpaired) electrons. The SMILES string of the molecule is CCc1cn[nH]c1NC(=O)c1cccc(Cl)c1F. The van der Waals surface area contributed by atoms with Crippen molar-refractivity contribution in [1.29, 1.82) is 0 Å².